The minimum absolute atomic E-state index is 0.00818. The molecule has 0 fully saturated rings. The van der Waals surface area contributed by atoms with Crippen LogP contribution in [-0.2, 0) is 19.5 Å². The van der Waals surface area contributed by atoms with E-state index in [0.717, 1.165) is 15.7 Å². The number of rotatable bonds is 5. The molecule has 176 valence electrons. The number of H-pyrrole nitrogens is 1. The van der Waals surface area contributed by atoms with Crippen molar-refractivity contribution in [3.05, 3.63) is 79.6 Å². The molecule has 0 atom stereocenters. The monoisotopic (exact) mass is 465 g/mol. The van der Waals surface area contributed by atoms with Crippen LogP contribution in [0.2, 0.25) is 0 Å². The fraction of sp³-hybridized carbons (Fsp3) is 0.292. The number of benzene rings is 2. The van der Waals surface area contributed by atoms with Crippen LogP contribution in [0.25, 0.3) is 0 Å². The third-order valence-corrected chi connectivity index (χ3v) is 6.07. The molecule has 0 unspecified atom stereocenters. The van der Waals surface area contributed by atoms with Gasteiger partial charge < -0.3 is 28.8 Å². The van der Waals surface area contributed by atoms with Crippen LogP contribution in [0.4, 0.5) is 0 Å². The van der Waals surface area contributed by atoms with Crippen molar-refractivity contribution in [3.8, 4) is 23.0 Å². The molecule has 0 saturated carbocycles. The van der Waals surface area contributed by atoms with E-state index in [1.54, 1.807) is 37.3 Å². The molecule has 0 aliphatic carbocycles. The van der Waals surface area contributed by atoms with Crippen LogP contribution in [0.15, 0.2) is 46.1 Å². The third-order valence-electron chi connectivity index (χ3n) is 6.07. The normalized spacial score (nSPS) is 14.0. The molecule has 0 saturated heterocycles. The van der Waals surface area contributed by atoms with Gasteiger partial charge in [0.25, 0.3) is 11.5 Å². The van der Waals surface area contributed by atoms with Crippen LogP contribution in [0.1, 0.15) is 27.0 Å². The summed E-state index contributed by atoms with van der Waals surface area (Å²) in [4.78, 5) is 43.0. The molecule has 34 heavy (non-hydrogen) atoms. The molecule has 1 N–H and O–H groups in total. The highest BCUT2D eigenvalue weighted by molar-refractivity contribution is 5.93. The standard InChI is InChI=1S/C24H23N3O7/c1-31-19-8-15-5-6-26(12-16(15)9-20(19)32-2)22(28)17-10-25-24(30)27(23(17)29)11-14-3-4-18-21(7-14)34-13-33-18/h3-4,7-10H,5-6,11-13H2,1-2H3,(H,25,30). The summed E-state index contributed by atoms with van der Waals surface area (Å²) in [5, 5.41) is 0. The molecule has 2 aromatic carbocycles. The molecule has 10 nitrogen and oxygen atoms in total. The molecule has 10 heteroatoms. The predicted molar refractivity (Wildman–Crippen MR) is 121 cm³/mol. The topological polar surface area (TPSA) is 112 Å². The average Bonchev–Trinajstić information content (AvgIpc) is 3.33. The Bertz CT molecular complexity index is 1390. The summed E-state index contributed by atoms with van der Waals surface area (Å²) in [6.07, 6.45) is 1.80. The molecule has 2 aliphatic heterocycles. The molecule has 5 rings (SSSR count). The van der Waals surface area contributed by atoms with Crippen molar-refractivity contribution in [2.75, 3.05) is 27.6 Å². The molecule has 0 radical (unpaired) electrons. The SMILES string of the molecule is COc1cc2c(cc1OC)CN(C(=O)c1c[nH]c(=O)n(Cc3ccc4c(c3)OCO4)c1=O)CC2. The summed E-state index contributed by atoms with van der Waals surface area (Å²) in [6, 6.07) is 8.94. The molecule has 1 amide bonds. The summed E-state index contributed by atoms with van der Waals surface area (Å²) in [5.74, 6) is 1.92. The first-order chi connectivity index (χ1) is 16.5. The van der Waals surface area contributed by atoms with E-state index in [4.69, 9.17) is 18.9 Å². The number of ether oxygens (including phenoxy) is 4. The van der Waals surface area contributed by atoms with E-state index in [1.807, 2.05) is 12.1 Å². The fourth-order valence-corrected chi connectivity index (χ4v) is 4.26. The van der Waals surface area contributed by atoms with Crippen LogP contribution < -0.4 is 30.2 Å². The number of carbonyl (C=O) groups excluding carboxylic acids is 1. The van der Waals surface area contributed by atoms with Crippen LogP contribution in [-0.4, -0.2) is 47.9 Å². The molecule has 0 spiro atoms. The number of aromatic amines is 1. The van der Waals surface area contributed by atoms with Gasteiger partial charge in [-0.1, -0.05) is 6.07 Å². The maximum absolute atomic E-state index is 13.3. The Morgan fingerprint density at radius 1 is 1.03 bits per heavy atom. The Hall–Kier alpha value is -4.21. The fourth-order valence-electron chi connectivity index (χ4n) is 4.26. The van der Waals surface area contributed by atoms with Crippen molar-refractivity contribution >= 4 is 5.91 Å². The van der Waals surface area contributed by atoms with Gasteiger partial charge in [-0.15, -0.1) is 0 Å². The summed E-state index contributed by atoms with van der Waals surface area (Å²) in [5.41, 5.74) is 1.31. The van der Waals surface area contributed by atoms with Crippen molar-refractivity contribution in [2.45, 2.75) is 19.5 Å². The van der Waals surface area contributed by atoms with Gasteiger partial charge >= 0.3 is 5.69 Å². The van der Waals surface area contributed by atoms with Crippen LogP contribution in [0, 0.1) is 0 Å². The minimum Gasteiger partial charge on any atom is -0.493 e. The first-order valence-electron chi connectivity index (χ1n) is 10.7. The van der Waals surface area contributed by atoms with Gasteiger partial charge in [0, 0.05) is 19.3 Å². The Balaban J connectivity index is 1.42. The smallest absolute Gasteiger partial charge is 0.328 e. The first-order valence-corrected chi connectivity index (χ1v) is 10.7. The summed E-state index contributed by atoms with van der Waals surface area (Å²) in [7, 11) is 3.13. The van der Waals surface area contributed by atoms with Gasteiger partial charge in [-0.3, -0.25) is 14.2 Å². The maximum Gasteiger partial charge on any atom is 0.328 e. The van der Waals surface area contributed by atoms with Crippen molar-refractivity contribution in [1.82, 2.24) is 14.5 Å². The van der Waals surface area contributed by atoms with Crippen molar-refractivity contribution in [2.24, 2.45) is 0 Å². The molecular weight excluding hydrogens is 442 g/mol. The molecule has 3 aromatic rings. The van der Waals surface area contributed by atoms with Gasteiger partial charge in [0.15, 0.2) is 23.0 Å². The average molecular weight is 465 g/mol. The van der Waals surface area contributed by atoms with Crippen molar-refractivity contribution < 1.29 is 23.7 Å². The molecule has 2 aliphatic rings. The Labute approximate surface area is 194 Å². The quantitative estimate of drug-likeness (QED) is 0.608. The summed E-state index contributed by atoms with van der Waals surface area (Å²) < 4.78 is 22.4. The molecule has 1 aromatic heterocycles. The van der Waals surface area contributed by atoms with E-state index in [2.05, 4.69) is 4.98 Å². The highest BCUT2D eigenvalue weighted by Crippen LogP contribution is 2.34. The number of nitrogens with zero attached hydrogens (tertiary/aromatic N) is 2. The van der Waals surface area contributed by atoms with Crippen molar-refractivity contribution in [1.29, 1.82) is 0 Å². The second kappa shape index (κ2) is 8.62. The number of hydrogen-bond acceptors (Lipinski definition) is 7. The van der Waals surface area contributed by atoms with Gasteiger partial charge in [-0.2, -0.15) is 0 Å². The summed E-state index contributed by atoms with van der Waals surface area (Å²) >= 11 is 0. The van der Waals surface area contributed by atoms with E-state index >= 15 is 0 Å². The van der Waals surface area contributed by atoms with Gasteiger partial charge in [0.05, 0.1) is 20.8 Å². The Morgan fingerprint density at radius 2 is 1.76 bits per heavy atom. The Kier molecular flexibility index (Phi) is 5.48. The first kappa shape index (κ1) is 21.6. The lowest BCUT2D eigenvalue weighted by molar-refractivity contribution is 0.0731. The molecule has 0 bridgehead atoms. The van der Waals surface area contributed by atoms with E-state index in [-0.39, 0.29) is 18.9 Å². The highest BCUT2D eigenvalue weighted by atomic mass is 16.7. The molecular formula is C24H23N3O7. The van der Waals surface area contributed by atoms with Crippen LogP contribution in [0.3, 0.4) is 0 Å². The predicted octanol–water partition coefficient (Wildman–Crippen LogP) is 1.53. The zero-order chi connectivity index (χ0) is 23.8. The lowest BCUT2D eigenvalue weighted by Gasteiger charge is -2.29. The highest BCUT2D eigenvalue weighted by Gasteiger charge is 2.26. The molecule has 3 heterocycles. The number of hydrogen-bond donors (Lipinski definition) is 1. The van der Waals surface area contributed by atoms with Crippen molar-refractivity contribution in [3.63, 3.8) is 0 Å². The zero-order valence-corrected chi connectivity index (χ0v) is 18.8. The minimum atomic E-state index is -0.649. The maximum atomic E-state index is 13.3. The van der Waals surface area contributed by atoms with E-state index < -0.39 is 17.2 Å². The number of nitrogens with one attached hydrogen (secondary N) is 1. The van der Waals surface area contributed by atoms with E-state index in [1.165, 1.54) is 6.20 Å². The largest absolute Gasteiger partial charge is 0.493 e. The number of fused-ring (bicyclic) bond motifs is 2. The lowest BCUT2D eigenvalue weighted by Crippen LogP contribution is -2.43. The van der Waals surface area contributed by atoms with E-state index in [0.29, 0.717) is 48.1 Å². The second-order valence-corrected chi connectivity index (χ2v) is 8.04. The summed E-state index contributed by atoms with van der Waals surface area (Å²) in [6.45, 7) is 0.865. The van der Waals surface area contributed by atoms with Gasteiger partial charge in [-0.05, 0) is 47.4 Å². The van der Waals surface area contributed by atoms with Crippen LogP contribution in [0.5, 0.6) is 23.0 Å². The number of carbonyl (C=O) groups is 1. The Morgan fingerprint density at radius 3 is 2.53 bits per heavy atom. The van der Waals surface area contributed by atoms with Gasteiger partial charge in [0.1, 0.15) is 5.56 Å². The van der Waals surface area contributed by atoms with Gasteiger partial charge in [0.2, 0.25) is 6.79 Å². The third kappa shape index (κ3) is 3.76. The number of aromatic nitrogens is 2. The lowest BCUT2D eigenvalue weighted by atomic mass is 9.98. The van der Waals surface area contributed by atoms with Gasteiger partial charge in [-0.25, -0.2) is 4.79 Å². The van der Waals surface area contributed by atoms with Crippen LogP contribution >= 0.6 is 0 Å². The zero-order valence-electron chi connectivity index (χ0n) is 18.8. The number of amides is 1. The number of methoxy groups -OCH3 is 2. The second-order valence-electron chi connectivity index (χ2n) is 8.04. The van der Waals surface area contributed by atoms with E-state index in [9.17, 15) is 14.4 Å².